The standard InChI is InChI=1S/C13H17BrO2/c1-2-10-16-13-8-4-3-6-11(13)12(15)7-5-9-14/h3-4,6,8H,2,5,7,9-10H2,1H3. The van der Waals surface area contributed by atoms with Crippen LogP contribution in [0.15, 0.2) is 24.3 Å². The molecule has 16 heavy (non-hydrogen) atoms. The van der Waals surface area contributed by atoms with Gasteiger partial charge >= 0.3 is 0 Å². The molecule has 2 nitrogen and oxygen atoms in total. The zero-order valence-corrected chi connectivity index (χ0v) is 11.1. The molecule has 0 unspecified atom stereocenters. The van der Waals surface area contributed by atoms with E-state index >= 15 is 0 Å². The van der Waals surface area contributed by atoms with Crippen molar-refractivity contribution >= 4 is 21.7 Å². The molecule has 0 aliphatic heterocycles. The maximum absolute atomic E-state index is 11.9. The average Bonchev–Trinajstić information content (AvgIpc) is 2.33. The minimum atomic E-state index is 0.158. The molecule has 0 fully saturated rings. The van der Waals surface area contributed by atoms with Gasteiger partial charge in [-0.3, -0.25) is 4.79 Å². The highest BCUT2D eigenvalue weighted by molar-refractivity contribution is 9.09. The highest BCUT2D eigenvalue weighted by Crippen LogP contribution is 2.20. The van der Waals surface area contributed by atoms with E-state index < -0.39 is 0 Å². The van der Waals surface area contributed by atoms with Crippen molar-refractivity contribution in [2.75, 3.05) is 11.9 Å². The summed E-state index contributed by atoms with van der Waals surface area (Å²) in [5, 5.41) is 0.858. The Labute approximate surface area is 105 Å². The van der Waals surface area contributed by atoms with E-state index in [2.05, 4.69) is 22.9 Å². The van der Waals surface area contributed by atoms with Crippen molar-refractivity contribution < 1.29 is 9.53 Å². The van der Waals surface area contributed by atoms with Crippen LogP contribution < -0.4 is 4.74 Å². The largest absolute Gasteiger partial charge is 0.493 e. The molecule has 0 heterocycles. The number of carbonyl (C=O) groups excluding carboxylic acids is 1. The molecule has 0 radical (unpaired) electrons. The lowest BCUT2D eigenvalue weighted by molar-refractivity contribution is 0.0978. The first-order valence-electron chi connectivity index (χ1n) is 5.60. The van der Waals surface area contributed by atoms with Crippen molar-refractivity contribution in [3.8, 4) is 5.75 Å². The van der Waals surface area contributed by atoms with Crippen molar-refractivity contribution in [3.63, 3.8) is 0 Å². The number of halogens is 1. The van der Waals surface area contributed by atoms with Gasteiger partial charge in [0.25, 0.3) is 0 Å². The quantitative estimate of drug-likeness (QED) is 0.562. The third-order valence-corrected chi connectivity index (χ3v) is 2.75. The minimum Gasteiger partial charge on any atom is -0.493 e. The molecule has 0 N–H and O–H groups in total. The molecule has 0 saturated heterocycles. The molecule has 0 aliphatic carbocycles. The Hall–Kier alpha value is -0.830. The van der Waals surface area contributed by atoms with Gasteiger partial charge in [0.2, 0.25) is 0 Å². The molecule has 1 rings (SSSR count). The van der Waals surface area contributed by atoms with E-state index in [1.54, 1.807) is 0 Å². The summed E-state index contributed by atoms with van der Waals surface area (Å²) in [5.74, 6) is 0.870. The van der Waals surface area contributed by atoms with Gasteiger partial charge in [-0.2, -0.15) is 0 Å². The molecule has 0 aromatic heterocycles. The first-order valence-corrected chi connectivity index (χ1v) is 6.72. The summed E-state index contributed by atoms with van der Waals surface area (Å²) in [4.78, 5) is 11.9. The average molecular weight is 285 g/mol. The van der Waals surface area contributed by atoms with Crippen molar-refractivity contribution in [1.82, 2.24) is 0 Å². The van der Waals surface area contributed by atoms with Gasteiger partial charge in [0, 0.05) is 11.8 Å². The van der Waals surface area contributed by atoms with Crippen molar-refractivity contribution in [2.45, 2.75) is 26.2 Å². The predicted octanol–water partition coefficient (Wildman–Crippen LogP) is 3.83. The maximum Gasteiger partial charge on any atom is 0.166 e. The number of benzene rings is 1. The second-order valence-corrected chi connectivity index (χ2v) is 4.35. The molecule has 0 aliphatic rings. The second kappa shape index (κ2) is 7.44. The minimum absolute atomic E-state index is 0.158. The lowest BCUT2D eigenvalue weighted by atomic mass is 10.1. The molecule has 88 valence electrons. The first kappa shape index (κ1) is 13.2. The zero-order valence-electron chi connectivity index (χ0n) is 9.54. The Morgan fingerprint density at radius 1 is 1.38 bits per heavy atom. The predicted molar refractivity (Wildman–Crippen MR) is 69.6 cm³/mol. The van der Waals surface area contributed by atoms with Gasteiger partial charge in [0.15, 0.2) is 5.78 Å². The highest BCUT2D eigenvalue weighted by atomic mass is 79.9. The summed E-state index contributed by atoms with van der Waals surface area (Å²) in [7, 11) is 0. The molecule has 0 saturated carbocycles. The number of rotatable bonds is 7. The van der Waals surface area contributed by atoms with E-state index in [0.717, 1.165) is 18.2 Å². The summed E-state index contributed by atoms with van der Waals surface area (Å²) in [6.07, 6.45) is 2.38. The molecule has 0 bridgehead atoms. The van der Waals surface area contributed by atoms with E-state index in [9.17, 15) is 4.79 Å². The Morgan fingerprint density at radius 2 is 2.12 bits per heavy atom. The third kappa shape index (κ3) is 3.97. The van der Waals surface area contributed by atoms with Crippen LogP contribution in [-0.2, 0) is 0 Å². The monoisotopic (exact) mass is 284 g/mol. The fourth-order valence-corrected chi connectivity index (χ4v) is 1.68. The summed E-state index contributed by atoms with van der Waals surface area (Å²) >= 11 is 3.33. The fraction of sp³-hybridized carbons (Fsp3) is 0.462. The van der Waals surface area contributed by atoms with Gasteiger partial charge in [-0.1, -0.05) is 35.0 Å². The van der Waals surface area contributed by atoms with Gasteiger partial charge in [0.1, 0.15) is 5.75 Å². The molecular formula is C13H17BrO2. The number of Topliss-reactive ketones (excluding diaryl/α,β-unsaturated/α-hetero) is 1. The zero-order chi connectivity index (χ0) is 11.8. The normalized spacial score (nSPS) is 10.1. The van der Waals surface area contributed by atoms with Crippen LogP contribution in [0.4, 0.5) is 0 Å². The van der Waals surface area contributed by atoms with Gasteiger partial charge in [-0.25, -0.2) is 0 Å². The maximum atomic E-state index is 11.9. The number of carbonyl (C=O) groups is 1. The van der Waals surface area contributed by atoms with Crippen LogP contribution in [0.3, 0.4) is 0 Å². The van der Waals surface area contributed by atoms with Crippen LogP contribution in [0.2, 0.25) is 0 Å². The van der Waals surface area contributed by atoms with Crippen LogP contribution in [0, 0.1) is 0 Å². The lowest BCUT2D eigenvalue weighted by Crippen LogP contribution is -2.04. The number of hydrogen-bond acceptors (Lipinski definition) is 2. The third-order valence-electron chi connectivity index (χ3n) is 2.19. The van der Waals surface area contributed by atoms with Gasteiger partial charge in [-0.05, 0) is 25.0 Å². The topological polar surface area (TPSA) is 26.3 Å². The molecule has 0 spiro atoms. The Bertz CT molecular complexity index is 336. The Kier molecular flexibility index (Phi) is 6.16. The smallest absolute Gasteiger partial charge is 0.166 e. The lowest BCUT2D eigenvalue weighted by Gasteiger charge is -2.09. The van der Waals surface area contributed by atoms with E-state index in [1.807, 2.05) is 24.3 Å². The fourth-order valence-electron chi connectivity index (χ4n) is 1.40. The molecule has 1 aromatic carbocycles. The van der Waals surface area contributed by atoms with Gasteiger partial charge in [0.05, 0.1) is 12.2 Å². The first-order chi connectivity index (χ1) is 7.79. The van der Waals surface area contributed by atoms with Crippen LogP contribution >= 0.6 is 15.9 Å². The number of ether oxygens (including phenoxy) is 1. The van der Waals surface area contributed by atoms with Crippen LogP contribution in [0.1, 0.15) is 36.5 Å². The van der Waals surface area contributed by atoms with Gasteiger partial charge in [-0.15, -0.1) is 0 Å². The molecule has 0 atom stereocenters. The van der Waals surface area contributed by atoms with E-state index in [4.69, 9.17) is 4.74 Å². The molecule has 3 heteroatoms. The van der Waals surface area contributed by atoms with E-state index in [1.165, 1.54) is 0 Å². The number of ketones is 1. The molecular weight excluding hydrogens is 268 g/mol. The molecule has 1 aromatic rings. The number of alkyl halides is 1. The van der Waals surface area contributed by atoms with E-state index in [0.29, 0.717) is 24.3 Å². The summed E-state index contributed by atoms with van der Waals surface area (Å²) < 4.78 is 5.55. The molecule has 0 amide bonds. The summed E-state index contributed by atoms with van der Waals surface area (Å²) in [6, 6.07) is 7.46. The SMILES string of the molecule is CCCOc1ccccc1C(=O)CCCBr. The summed E-state index contributed by atoms with van der Waals surface area (Å²) in [5.41, 5.74) is 0.705. The second-order valence-electron chi connectivity index (χ2n) is 3.56. The van der Waals surface area contributed by atoms with Crippen molar-refractivity contribution in [1.29, 1.82) is 0 Å². The van der Waals surface area contributed by atoms with Crippen LogP contribution in [0.25, 0.3) is 0 Å². The van der Waals surface area contributed by atoms with Crippen molar-refractivity contribution in [3.05, 3.63) is 29.8 Å². The number of para-hydroxylation sites is 1. The van der Waals surface area contributed by atoms with Crippen molar-refractivity contribution in [2.24, 2.45) is 0 Å². The highest BCUT2D eigenvalue weighted by Gasteiger charge is 2.10. The van der Waals surface area contributed by atoms with Gasteiger partial charge < -0.3 is 4.74 Å². The van der Waals surface area contributed by atoms with Crippen LogP contribution in [0.5, 0.6) is 5.75 Å². The van der Waals surface area contributed by atoms with E-state index in [-0.39, 0.29) is 5.78 Å². The Balaban J connectivity index is 2.73. The summed E-state index contributed by atoms with van der Waals surface area (Å²) in [6.45, 7) is 2.71. The van der Waals surface area contributed by atoms with Crippen LogP contribution in [-0.4, -0.2) is 17.7 Å². The number of hydrogen-bond donors (Lipinski definition) is 0. The Morgan fingerprint density at radius 3 is 2.81 bits per heavy atom.